The highest BCUT2D eigenvalue weighted by molar-refractivity contribution is 5.94. The van der Waals surface area contributed by atoms with Crippen molar-refractivity contribution < 1.29 is 14.3 Å². The number of guanidine groups is 1. The second-order valence-electron chi connectivity index (χ2n) is 8.29. The molecule has 1 aromatic rings. The standard InChI is InChI=1S/C23H36N4O3/c1-3-24-22(26-17-23(12-14-29-2)10-4-5-11-23)25-13-15-30-19-7-8-20-18(16-19)6-9-21(28)27-20/h7-8,16H,3-6,9-15,17H2,1-2H3,(H,27,28)(H2,24,25,26). The molecule has 1 heterocycles. The number of benzene rings is 1. The van der Waals surface area contributed by atoms with Crippen LogP contribution in [0.25, 0.3) is 0 Å². The van der Waals surface area contributed by atoms with Crippen LogP contribution in [0.2, 0.25) is 0 Å². The molecule has 0 bridgehead atoms. The van der Waals surface area contributed by atoms with E-state index in [1.54, 1.807) is 7.11 Å². The number of fused-ring (bicyclic) bond motifs is 1. The summed E-state index contributed by atoms with van der Waals surface area (Å²) in [6.45, 7) is 5.76. The summed E-state index contributed by atoms with van der Waals surface area (Å²) >= 11 is 0. The molecule has 166 valence electrons. The largest absolute Gasteiger partial charge is 0.492 e. The molecule has 7 heteroatoms. The Morgan fingerprint density at radius 2 is 2.03 bits per heavy atom. The zero-order valence-corrected chi connectivity index (χ0v) is 18.4. The van der Waals surface area contributed by atoms with Crippen molar-refractivity contribution in [2.45, 2.75) is 51.9 Å². The first-order valence-electron chi connectivity index (χ1n) is 11.2. The van der Waals surface area contributed by atoms with E-state index < -0.39 is 0 Å². The molecule has 0 spiro atoms. The lowest BCUT2D eigenvalue weighted by Crippen LogP contribution is -2.40. The lowest BCUT2D eigenvalue weighted by Gasteiger charge is -2.27. The van der Waals surface area contributed by atoms with Gasteiger partial charge < -0.3 is 25.4 Å². The van der Waals surface area contributed by atoms with Crippen molar-refractivity contribution in [1.29, 1.82) is 0 Å². The molecule has 1 saturated carbocycles. The summed E-state index contributed by atoms with van der Waals surface area (Å²) in [5, 5.41) is 9.61. The van der Waals surface area contributed by atoms with Crippen LogP contribution in [-0.2, 0) is 16.0 Å². The Bertz CT molecular complexity index is 729. The normalized spacial score (nSPS) is 17.9. The third-order valence-corrected chi connectivity index (χ3v) is 6.05. The van der Waals surface area contributed by atoms with E-state index in [1.807, 2.05) is 18.2 Å². The highest BCUT2D eigenvalue weighted by atomic mass is 16.5. The fraction of sp³-hybridized carbons (Fsp3) is 0.652. The van der Waals surface area contributed by atoms with Gasteiger partial charge in [0.15, 0.2) is 5.96 Å². The molecule has 0 aromatic heterocycles. The maximum atomic E-state index is 11.5. The number of nitrogens with one attached hydrogen (secondary N) is 3. The van der Waals surface area contributed by atoms with Gasteiger partial charge in [-0.2, -0.15) is 0 Å². The predicted molar refractivity (Wildman–Crippen MR) is 120 cm³/mol. The van der Waals surface area contributed by atoms with E-state index in [4.69, 9.17) is 14.5 Å². The Hall–Kier alpha value is -2.28. The highest BCUT2D eigenvalue weighted by Crippen LogP contribution is 2.41. The summed E-state index contributed by atoms with van der Waals surface area (Å²) in [7, 11) is 1.77. The molecule has 3 rings (SSSR count). The van der Waals surface area contributed by atoms with Crippen LogP contribution in [0.4, 0.5) is 5.69 Å². The lowest BCUT2D eigenvalue weighted by molar-refractivity contribution is -0.116. The Kier molecular flexibility index (Phi) is 8.37. The van der Waals surface area contributed by atoms with Crippen LogP contribution in [0.3, 0.4) is 0 Å². The Balaban J connectivity index is 1.47. The Morgan fingerprint density at radius 1 is 1.20 bits per heavy atom. The lowest BCUT2D eigenvalue weighted by atomic mass is 9.83. The number of aliphatic imine (C=N–C) groups is 1. The number of aryl methyl sites for hydroxylation is 1. The second-order valence-corrected chi connectivity index (χ2v) is 8.29. The quantitative estimate of drug-likeness (QED) is 0.310. The molecule has 1 aliphatic heterocycles. The van der Waals surface area contributed by atoms with Crippen LogP contribution in [0.15, 0.2) is 23.2 Å². The molecule has 2 aliphatic rings. The zero-order chi connectivity index (χ0) is 21.2. The molecule has 0 atom stereocenters. The average Bonchev–Trinajstić information content (AvgIpc) is 3.22. The molecular formula is C23H36N4O3. The molecule has 1 amide bonds. The van der Waals surface area contributed by atoms with Gasteiger partial charge in [0.25, 0.3) is 0 Å². The van der Waals surface area contributed by atoms with E-state index in [2.05, 4.69) is 22.9 Å². The summed E-state index contributed by atoms with van der Waals surface area (Å²) in [6.07, 6.45) is 7.44. The molecule has 7 nitrogen and oxygen atoms in total. The van der Waals surface area contributed by atoms with Crippen LogP contribution in [0, 0.1) is 5.41 Å². The van der Waals surface area contributed by atoms with Gasteiger partial charge in [0.1, 0.15) is 12.4 Å². The van der Waals surface area contributed by atoms with Gasteiger partial charge in [0.2, 0.25) is 5.91 Å². The number of carbonyl (C=O) groups is 1. The maximum absolute atomic E-state index is 11.5. The van der Waals surface area contributed by atoms with Gasteiger partial charge in [-0.05, 0) is 61.8 Å². The fourth-order valence-corrected chi connectivity index (χ4v) is 4.31. The number of hydrogen-bond acceptors (Lipinski definition) is 4. The van der Waals surface area contributed by atoms with E-state index in [0.29, 0.717) is 19.6 Å². The minimum Gasteiger partial charge on any atom is -0.492 e. The predicted octanol–water partition coefficient (Wildman–Crippen LogP) is 3.10. The minimum absolute atomic E-state index is 0.0808. The van der Waals surface area contributed by atoms with Gasteiger partial charge in [-0.3, -0.25) is 9.79 Å². The topological polar surface area (TPSA) is 84.0 Å². The number of ether oxygens (including phenoxy) is 2. The molecule has 1 fully saturated rings. The molecule has 1 aliphatic carbocycles. The summed E-state index contributed by atoms with van der Waals surface area (Å²) in [5.41, 5.74) is 2.31. The van der Waals surface area contributed by atoms with Crippen LogP contribution >= 0.6 is 0 Å². The van der Waals surface area contributed by atoms with Gasteiger partial charge in [0, 0.05) is 38.9 Å². The van der Waals surface area contributed by atoms with Crippen molar-refractivity contribution in [3.8, 4) is 5.75 Å². The van der Waals surface area contributed by atoms with E-state index >= 15 is 0 Å². The van der Waals surface area contributed by atoms with Crippen molar-refractivity contribution >= 4 is 17.6 Å². The third kappa shape index (κ3) is 6.36. The van der Waals surface area contributed by atoms with E-state index in [9.17, 15) is 4.79 Å². The molecule has 0 radical (unpaired) electrons. The minimum atomic E-state index is 0.0808. The highest BCUT2D eigenvalue weighted by Gasteiger charge is 2.33. The van der Waals surface area contributed by atoms with Crippen molar-refractivity contribution in [3.63, 3.8) is 0 Å². The second kappa shape index (κ2) is 11.2. The number of nitrogens with zero attached hydrogens (tertiary/aromatic N) is 1. The Labute approximate surface area is 180 Å². The van der Waals surface area contributed by atoms with Gasteiger partial charge in [0.05, 0.1) is 6.54 Å². The molecule has 3 N–H and O–H groups in total. The first-order chi connectivity index (χ1) is 14.6. The summed E-state index contributed by atoms with van der Waals surface area (Å²) in [6, 6.07) is 5.85. The van der Waals surface area contributed by atoms with Crippen LogP contribution in [0.5, 0.6) is 5.75 Å². The van der Waals surface area contributed by atoms with Crippen LogP contribution in [0.1, 0.15) is 51.0 Å². The van der Waals surface area contributed by atoms with E-state index in [1.165, 1.54) is 25.7 Å². The first-order valence-corrected chi connectivity index (χ1v) is 11.2. The van der Waals surface area contributed by atoms with Gasteiger partial charge in [-0.25, -0.2) is 0 Å². The summed E-state index contributed by atoms with van der Waals surface area (Å²) in [4.78, 5) is 16.3. The van der Waals surface area contributed by atoms with E-state index in [0.717, 1.165) is 55.5 Å². The van der Waals surface area contributed by atoms with Crippen molar-refractivity contribution in [3.05, 3.63) is 23.8 Å². The molecule has 1 aromatic carbocycles. The first kappa shape index (κ1) is 22.4. The Morgan fingerprint density at radius 3 is 2.80 bits per heavy atom. The number of hydrogen-bond donors (Lipinski definition) is 3. The van der Waals surface area contributed by atoms with Crippen molar-refractivity contribution in [2.24, 2.45) is 10.4 Å². The van der Waals surface area contributed by atoms with Crippen molar-refractivity contribution in [1.82, 2.24) is 10.6 Å². The van der Waals surface area contributed by atoms with E-state index in [-0.39, 0.29) is 11.3 Å². The maximum Gasteiger partial charge on any atom is 0.224 e. The SMILES string of the molecule is CCNC(=NCC1(CCOC)CCCC1)NCCOc1ccc2c(c1)CCC(=O)N2. The number of carbonyl (C=O) groups excluding carboxylic acids is 1. The van der Waals surface area contributed by atoms with Gasteiger partial charge in [-0.1, -0.05) is 12.8 Å². The number of anilines is 1. The average molecular weight is 417 g/mol. The summed E-state index contributed by atoms with van der Waals surface area (Å²) < 4.78 is 11.2. The molecular weight excluding hydrogens is 380 g/mol. The molecule has 0 unspecified atom stereocenters. The third-order valence-electron chi connectivity index (χ3n) is 6.05. The number of amides is 1. The number of methoxy groups -OCH3 is 1. The fourth-order valence-electron chi connectivity index (χ4n) is 4.31. The van der Waals surface area contributed by atoms with Gasteiger partial charge in [-0.15, -0.1) is 0 Å². The monoisotopic (exact) mass is 416 g/mol. The summed E-state index contributed by atoms with van der Waals surface area (Å²) in [5.74, 6) is 1.76. The van der Waals surface area contributed by atoms with Crippen LogP contribution < -0.4 is 20.7 Å². The zero-order valence-electron chi connectivity index (χ0n) is 18.4. The van der Waals surface area contributed by atoms with Crippen molar-refractivity contribution in [2.75, 3.05) is 45.3 Å². The smallest absolute Gasteiger partial charge is 0.224 e. The molecule has 30 heavy (non-hydrogen) atoms. The number of rotatable bonds is 10. The van der Waals surface area contributed by atoms with Crippen LogP contribution in [-0.4, -0.2) is 51.8 Å². The van der Waals surface area contributed by atoms with Gasteiger partial charge >= 0.3 is 0 Å². The molecule has 0 saturated heterocycles.